The van der Waals surface area contributed by atoms with Crippen LogP contribution in [-0.4, -0.2) is 19.5 Å². The van der Waals surface area contributed by atoms with E-state index in [1.54, 1.807) is 24.4 Å². The van der Waals surface area contributed by atoms with Crippen molar-refractivity contribution in [2.45, 2.75) is 24.8 Å². The lowest BCUT2D eigenvalue weighted by Gasteiger charge is -2.13. The molecule has 2 N–H and O–H groups in total. The zero-order valence-corrected chi connectivity index (χ0v) is 10.9. The van der Waals surface area contributed by atoms with Crippen LogP contribution in [0.15, 0.2) is 35.4 Å². The highest BCUT2D eigenvalue weighted by Gasteiger charge is 2.16. The maximum atomic E-state index is 11.5. The van der Waals surface area contributed by atoms with E-state index in [4.69, 9.17) is 9.88 Å². The number of primary sulfonamides is 1. The van der Waals surface area contributed by atoms with E-state index in [1.807, 2.05) is 13.8 Å². The zero-order chi connectivity index (χ0) is 13.3. The molecule has 0 saturated heterocycles. The van der Waals surface area contributed by atoms with Gasteiger partial charge in [-0.2, -0.15) is 0 Å². The molecular formula is C12H14N2O3S. The second-order valence-electron chi connectivity index (χ2n) is 4.17. The Hall–Kier alpha value is -1.66. The maximum absolute atomic E-state index is 11.5. The Morgan fingerprint density at radius 2 is 2.00 bits per heavy atom. The largest absolute Gasteiger partial charge is 0.489 e. The maximum Gasteiger partial charge on any atom is 0.238 e. The van der Waals surface area contributed by atoms with E-state index < -0.39 is 10.0 Å². The van der Waals surface area contributed by atoms with Crippen LogP contribution in [0.3, 0.4) is 0 Å². The fourth-order valence-electron chi connectivity index (χ4n) is 1.72. The van der Waals surface area contributed by atoms with Gasteiger partial charge in [0, 0.05) is 11.6 Å². The van der Waals surface area contributed by atoms with Crippen molar-refractivity contribution in [1.82, 2.24) is 4.98 Å². The summed E-state index contributed by atoms with van der Waals surface area (Å²) in [6.45, 7) is 3.78. The predicted molar refractivity (Wildman–Crippen MR) is 68.9 cm³/mol. The number of ether oxygens (including phenoxy) is 1. The smallest absolute Gasteiger partial charge is 0.238 e. The molecule has 0 amide bonds. The highest BCUT2D eigenvalue weighted by atomic mass is 32.2. The molecule has 0 aliphatic heterocycles. The third-order valence-electron chi connectivity index (χ3n) is 2.36. The molecule has 0 unspecified atom stereocenters. The fourth-order valence-corrected chi connectivity index (χ4v) is 2.45. The lowest BCUT2D eigenvalue weighted by atomic mass is 10.2. The first kappa shape index (κ1) is 12.8. The van der Waals surface area contributed by atoms with Gasteiger partial charge in [0.2, 0.25) is 10.0 Å². The summed E-state index contributed by atoms with van der Waals surface area (Å²) in [5, 5.41) is 5.65. The van der Waals surface area contributed by atoms with Gasteiger partial charge >= 0.3 is 0 Å². The Bertz CT molecular complexity index is 681. The molecule has 5 nitrogen and oxygen atoms in total. The minimum Gasteiger partial charge on any atom is -0.489 e. The van der Waals surface area contributed by atoms with Gasteiger partial charge in [0.1, 0.15) is 11.3 Å². The molecule has 0 radical (unpaired) electrons. The monoisotopic (exact) mass is 266 g/mol. The summed E-state index contributed by atoms with van der Waals surface area (Å²) in [6.07, 6.45) is 1.57. The number of rotatable bonds is 3. The Kier molecular flexibility index (Phi) is 3.23. The first-order chi connectivity index (χ1) is 8.39. The van der Waals surface area contributed by atoms with Crippen molar-refractivity contribution in [3.63, 3.8) is 0 Å². The summed E-state index contributed by atoms with van der Waals surface area (Å²) >= 11 is 0. The molecule has 0 atom stereocenters. The molecule has 18 heavy (non-hydrogen) atoms. The van der Waals surface area contributed by atoms with Crippen LogP contribution < -0.4 is 9.88 Å². The summed E-state index contributed by atoms with van der Waals surface area (Å²) < 4.78 is 28.6. The Morgan fingerprint density at radius 3 is 2.61 bits per heavy atom. The van der Waals surface area contributed by atoms with Crippen LogP contribution in [0.2, 0.25) is 0 Å². The van der Waals surface area contributed by atoms with Crippen molar-refractivity contribution >= 4 is 20.9 Å². The van der Waals surface area contributed by atoms with E-state index in [1.165, 1.54) is 6.07 Å². The third-order valence-corrected chi connectivity index (χ3v) is 3.33. The Morgan fingerprint density at radius 1 is 1.28 bits per heavy atom. The molecule has 2 aromatic rings. The minimum atomic E-state index is -3.77. The van der Waals surface area contributed by atoms with Gasteiger partial charge in [-0.25, -0.2) is 13.6 Å². The van der Waals surface area contributed by atoms with E-state index in [9.17, 15) is 8.42 Å². The van der Waals surface area contributed by atoms with Crippen LogP contribution in [0.4, 0.5) is 0 Å². The number of nitrogens with two attached hydrogens (primary N) is 1. The van der Waals surface area contributed by atoms with Crippen LogP contribution in [0.5, 0.6) is 5.75 Å². The fraction of sp³-hybridized carbons (Fsp3) is 0.250. The van der Waals surface area contributed by atoms with E-state index in [-0.39, 0.29) is 11.0 Å². The van der Waals surface area contributed by atoms with E-state index in [0.717, 1.165) is 0 Å². The number of benzene rings is 1. The first-order valence-electron chi connectivity index (χ1n) is 5.47. The molecule has 0 aliphatic rings. The van der Waals surface area contributed by atoms with Crippen molar-refractivity contribution in [3.8, 4) is 5.75 Å². The molecule has 2 rings (SSSR count). The van der Waals surface area contributed by atoms with Gasteiger partial charge in [-0.05, 0) is 38.1 Å². The molecule has 1 aromatic carbocycles. The molecule has 96 valence electrons. The number of hydrogen-bond donors (Lipinski definition) is 1. The standard InChI is InChI=1S/C12H14N2O3S/c1-8(2)17-10-5-6-11(18(13,15)16)9-4-3-7-14-12(9)10/h3-8H,1-2H3,(H2,13,15,16). The highest BCUT2D eigenvalue weighted by Crippen LogP contribution is 2.29. The van der Waals surface area contributed by atoms with Gasteiger partial charge in [0.15, 0.2) is 0 Å². The number of hydrogen-bond acceptors (Lipinski definition) is 4. The van der Waals surface area contributed by atoms with Crippen LogP contribution in [0, 0.1) is 0 Å². The van der Waals surface area contributed by atoms with Crippen molar-refractivity contribution in [1.29, 1.82) is 0 Å². The van der Waals surface area contributed by atoms with Gasteiger partial charge in [0.05, 0.1) is 11.0 Å². The summed E-state index contributed by atoms with van der Waals surface area (Å²) in [5.74, 6) is 0.549. The molecule has 1 heterocycles. The van der Waals surface area contributed by atoms with Crippen molar-refractivity contribution < 1.29 is 13.2 Å². The van der Waals surface area contributed by atoms with Crippen LogP contribution in [-0.2, 0) is 10.0 Å². The molecular weight excluding hydrogens is 252 g/mol. The van der Waals surface area contributed by atoms with Crippen LogP contribution in [0.1, 0.15) is 13.8 Å². The van der Waals surface area contributed by atoms with Crippen molar-refractivity contribution in [3.05, 3.63) is 30.5 Å². The van der Waals surface area contributed by atoms with Gasteiger partial charge in [0.25, 0.3) is 0 Å². The molecule has 6 heteroatoms. The second-order valence-corrected chi connectivity index (χ2v) is 5.70. The molecule has 0 aliphatic carbocycles. The van der Waals surface area contributed by atoms with Gasteiger partial charge < -0.3 is 4.74 Å². The summed E-state index contributed by atoms with van der Waals surface area (Å²) in [4.78, 5) is 4.22. The number of nitrogens with zero attached hydrogens (tertiary/aromatic N) is 1. The van der Waals surface area contributed by atoms with Gasteiger partial charge in [-0.1, -0.05) is 0 Å². The lowest BCUT2D eigenvalue weighted by Crippen LogP contribution is -2.13. The SMILES string of the molecule is CC(C)Oc1ccc(S(N)(=O)=O)c2cccnc12. The number of fused-ring (bicyclic) bond motifs is 1. The quantitative estimate of drug-likeness (QED) is 0.916. The first-order valence-corrected chi connectivity index (χ1v) is 7.01. The normalized spacial score (nSPS) is 12.0. The van der Waals surface area contributed by atoms with Crippen LogP contribution in [0.25, 0.3) is 10.9 Å². The van der Waals surface area contributed by atoms with E-state index in [0.29, 0.717) is 16.7 Å². The third kappa shape index (κ3) is 2.44. The average Bonchev–Trinajstić information content (AvgIpc) is 2.27. The molecule has 0 bridgehead atoms. The summed E-state index contributed by atoms with van der Waals surface area (Å²) in [7, 11) is -3.77. The predicted octanol–water partition coefficient (Wildman–Crippen LogP) is 1.67. The average molecular weight is 266 g/mol. The van der Waals surface area contributed by atoms with Gasteiger partial charge in [-0.15, -0.1) is 0 Å². The summed E-state index contributed by atoms with van der Waals surface area (Å²) in [5.41, 5.74) is 0.498. The number of aromatic nitrogens is 1. The topological polar surface area (TPSA) is 82.3 Å². The number of sulfonamides is 1. The molecule has 1 aromatic heterocycles. The lowest BCUT2D eigenvalue weighted by molar-refractivity contribution is 0.245. The highest BCUT2D eigenvalue weighted by molar-refractivity contribution is 7.89. The molecule has 0 saturated carbocycles. The Balaban J connectivity index is 2.74. The minimum absolute atomic E-state index is 0.0180. The Labute approximate surface area is 106 Å². The van der Waals surface area contributed by atoms with Crippen LogP contribution >= 0.6 is 0 Å². The number of pyridine rings is 1. The summed E-state index contributed by atoms with van der Waals surface area (Å²) in [6, 6.07) is 6.34. The van der Waals surface area contributed by atoms with Crippen molar-refractivity contribution in [2.24, 2.45) is 5.14 Å². The molecule has 0 spiro atoms. The van der Waals surface area contributed by atoms with Crippen molar-refractivity contribution in [2.75, 3.05) is 0 Å². The second kappa shape index (κ2) is 4.55. The van der Waals surface area contributed by atoms with E-state index in [2.05, 4.69) is 4.98 Å². The molecule has 0 fully saturated rings. The van der Waals surface area contributed by atoms with Gasteiger partial charge in [-0.3, -0.25) is 4.98 Å². The zero-order valence-electron chi connectivity index (χ0n) is 10.1. The van der Waals surface area contributed by atoms with E-state index >= 15 is 0 Å².